The number of hydrogen-bond donors (Lipinski definition) is 0. The van der Waals surface area contributed by atoms with Gasteiger partial charge in [0.05, 0.1) is 0 Å². The van der Waals surface area contributed by atoms with Crippen molar-refractivity contribution in [2.75, 3.05) is 5.75 Å². The molecular formula is C9H10Cl2S. The molecule has 0 nitrogen and oxygen atoms in total. The Balaban J connectivity index is 2.81. The van der Waals surface area contributed by atoms with Crippen molar-refractivity contribution in [3.63, 3.8) is 0 Å². The molecule has 0 amide bonds. The third-order valence-electron chi connectivity index (χ3n) is 1.51. The van der Waals surface area contributed by atoms with E-state index in [1.54, 1.807) is 0 Å². The third kappa shape index (κ3) is 2.58. The molecule has 0 aliphatic carbocycles. The van der Waals surface area contributed by atoms with Gasteiger partial charge in [0, 0.05) is 15.8 Å². The summed E-state index contributed by atoms with van der Waals surface area (Å²) >= 11 is 13.8. The monoisotopic (exact) mass is 220 g/mol. The third-order valence-corrected chi connectivity index (χ3v) is 3.12. The van der Waals surface area contributed by atoms with Gasteiger partial charge in [-0.15, -0.1) is 0 Å². The van der Waals surface area contributed by atoms with Gasteiger partial charge in [0.25, 0.3) is 0 Å². The highest BCUT2D eigenvalue weighted by molar-refractivity contribution is 7.98. The van der Waals surface area contributed by atoms with Gasteiger partial charge in [-0.05, 0) is 23.4 Å². The van der Waals surface area contributed by atoms with E-state index in [9.17, 15) is 0 Å². The standard InChI is InChI=1S/C9H10Cl2S/c1-2-12-6-7-8(10)4-3-5-9(7)11/h3-5H,2,6H2,1H3. The molecule has 0 aliphatic rings. The molecule has 0 saturated heterocycles. The molecule has 0 aromatic heterocycles. The van der Waals surface area contributed by atoms with Crippen LogP contribution >= 0.6 is 35.0 Å². The van der Waals surface area contributed by atoms with E-state index >= 15 is 0 Å². The average Bonchev–Trinajstić information content (AvgIpc) is 2.04. The van der Waals surface area contributed by atoms with Crippen molar-refractivity contribution in [1.29, 1.82) is 0 Å². The summed E-state index contributed by atoms with van der Waals surface area (Å²) in [4.78, 5) is 0. The maximum atomic E-state index is 5.97. The lowest BCUT2D eigenvalue weighted by atomic mass is 10.2. The van der Waals surface area contributed by atoms with Gasteiger partial charge < -0.3 is 0 Å². The van der Waals surface area contributed by atoms with Crippen LogP contribution in [-0.4, -0.2) is 5.75 Å². The molecule has 0 N–H and O–H groups in total. The summed E-state index contributed by atoms with van der Waals surface area (Å²) in [5.41, 5.74) is 1.05. The van der Waals surface area contributed by atoms with E-state index in [1.807, 2.05) is 30.0 Å². The van der Waals surface area contributed by atoms with Crippen LogP contribution in [0.1, 0.15) is 12.5 Å². The van der Waals surface area contributed by atoms with Gasteiger partial charge >= 0.3 is 0 Å². The molecule has 1 rings (SSSR count). The van der Waals surface area contributed by atoms with E-state index < -0.39 is 0 Å². The van der Waals surface area contributed by atoms with Crippen LogP contribution in [0.25, 0.3) is 0 Å². The van der Waals surface area contributed by atoms with Crippen LogP contribution in [0.5, 0.6) is 0 Å². The fraction of sp³-hybridized carbons (Fsp3) is 0.333. The maximum absolute atomic E-state index is 5.97. The van der Waals surface area contributed by atoms with Gasteiger partial charge in [-0.3, -0.25) is 0 Å². The average molecular weight is 221 g/mol. The Morgan fingerprint density at radius 1 is 1.25 bits per heavy atom. The number of thioether (sulfide) groups is 1. The van der Waals surface area contributed by atoms with Crippen molar-refractivity contribution in [3.05, 3.63) is 33.8 Å². The van der Waals surface area contributed by atoms with Crippen LogP contribution in [0, 0.1) is 0 Å². The van der Waals surface area contributed by atoms with Crippen molar-refractivity contribution < 1.29 is 0 Å². The first-order valence-electron chi connectivity index (χ1n) is 3.76. The molecule has 0 unspecified atom stereocenters. The largest absolute Gasteiger partial charge is 0.157 e. The van der Waals surface area contributed by atoms with Gasteiger partial charge in [0.2, 0.25) is 0 Å². The lowest BCUT2D eigenvalue weighted by Gasteiger charge is -2.04. The predicted molar refractivity (Wildman–Crippen MR) is 58.3 cm³/mol. The Labute approximate surface area is 87.3 Å². The minimum absolute atomic E-state index is 0.767. The Bertz CT molecular complexity index is 240. The Morgan fingerprint density at radius 2 is 1.83 bits per heavy atom. The highest BCUT2D eigenvalue weighted by atomic mass is 35.5. The minimum atomic E-state index is 0.767. The lowest BCUT2D eigenvalue weighted by molar-refractivity contribution is 1.39. The summed E-state index contributed by atoms with van der Waals surface area (Å²) < 4.78 is 0. The van der Waals surface area contributed by atoms with Crippen LogP contribution in [0.3, 0.4) is 0 Å². The molecule has 12 heavy (non-hydrogen) atoms. The van der Waals surface area contributed by atoms with Gasteiger partial charge in [0.1, 0.15) is 0 Å². The summed E-state index contributed by atoms with van der Waals surface area (Å²) in [6, 6.07) is 5.61. The molecule has 0 spiro atoms. The maximum Gasteiger partial charge on any atom is 0.0461 e. The number of rotatable bonds is 3. The molecule has 1 aromatic carbocycles. The SMILES string of the molecule is CCSCc1c(Cl)cccc1Cl. The summed E-state index contributed by atoms with van der Waals surface area (Å²) in [6.07, 6.45) is 0. The molecule has 0 heterocycles. The summed E-state index contributed by atoms with van der Waals surface area (Å²) in [5, 5.41) is 1.53. The van der Waals surface area contributed by atoms with Gasteiger partial charge in [-0.2, -0.15) is 11.8 Å². The van der Waals surface area contributed by atoms with Gasteiger partial charge in [0.15, 0.2) is 0 Å². The van der Waals surface area contributed by atoms with Gasteiger partial charge in [-0.25, -0.2) is 0 Å². The normalized spacial score (nSPS) is 10.2. The van der Waals surface area contributed by atoms with Gasteiger partial charge in [-0.1, -0.05) is 36.2 Å². The van der Waals surface area contributed by atoms with Crippen LogP contribution < -0.4 is 0 Å². The van der Waals surface area contributed by atoms with E-state index in [1.165, 1.54) is 0 Å². The van der Waals surface area contributed by atoms with E-state index in [0.29, 0.717) is 0 Å². The predicted octanol–water partition coefficient (Wildman–Crippen LogP) is 4.25. The zero-order valence-corrected chi connectivity index (χ0v) is 9.14. The highest BCUT2D eigenvalue weighted by Crippen LogP contribution is 2.27. The second-order valence-electron chi connectivity index (χ2n) is 2.34. The fourth-order valence-corrected chi connectivity index (χ4v) is 2.28. The lowest BCUT2D eigenvalue weighted by Crippen LogP contribution is -1.84. The molecule has 0 radical (unpaired) electrons. The second kappa shape index (κ2) is 5.00. The molecule has 1 aromatic rings. The van der Waals surface area contributed by atoms with Crippen LogP contribution in [0.15, 0.2) is 18.2 Å². The highest BCUT2D eigenvalue weighted by Gasteiger charge is 2.03. The zero-order valence-electron chi connectivity index (χ0n) is 6.81. The molecule has 3 heteroatoms. The van der Waals surface area contributed by atoms with Crippen molar-refractivity contribution in [2.24, 2.45) is 0 Å². The summed E-state index contributed by atoms with van der Waals surface area (Å²) in [6.45, 7) is 2.12. The summed E-state index contributed by atoms with van der Waals surface area (Å²) in [5.74, 6) is 1.98. The smallest absolute Gasteiger partial charge is 0.0461 e. The molecule has 0 bridgehead atoms. The van der Waals surface area contributed by atoms with Crippen LogP contribution in [0.2, 0.25) is 10.0 Å². The van der Waals surface area contributed by atoms with E-state index in [4.69, 9.17) is 23.2 Å². The first-order valence-corrected chi connectivity index (χ1v) is 5.67. The van der Waals surface area contributed by atoms with E-state index in [2.05, 4.69) is 6.92 Å². The summed E-state index contributed by atoms with van der Waals surface area (Å²) in [7, 11) is 0. The Kier molecular flexibility index (Phi) is 4.27. The topological polar surface area (TPSA) is 0 Å². The molecule has 0 atom stereocenters. The minimum Gasteiger partial charge on any atom is -0.157 e. The fourth-order valence-electron chi connectivity index (χ4n) is 0.874. The number of benzene rings is 1. The van der Waals surface area contributed by atoms with E-state index in [0.717, 1.165) is 27.1 Å². The molecule has 66 valence electrons. The second-order valence-corrected chi connectivity index (χ2v) is 4.43. The van der Waals surface area contributed by atoms with Crippen LogP contribution in [-0.2, 0) is 5.75 Å². The van der Waals surface area contributed by atoms with Crippen molar-refractivity contribution >= 4 is 35.0 Å². The van der Waals surface area contributed by atoms with E-state index in [-0.39, 0.29) is 0 Å². The molecular weight excluding hydrogens is 211 g/mol. The zero-order chi connectivity index (χ0) is 8.97. The molecule has 0 saturated carbocycles. The molecule has 0 fully saturated rings. The van der Waals surface area contributed by atoms with Crippen LogP contribution in [0.4, 0.5) is 0 Å². The van der Waals surface area contributed by atoms with Crippen molar-refractivity contribution in [1.82, 2.24) is 0 Å². The first-order chi connectivity index (χ1) is 5.75. The number of hydrogen-bond acceptors (Lipinski definition) is 1. The quantitative estimate of drug-likeness (QED) is 0.735. The molecule has 0 aliphatic heterocycles. The van der Waals surface area contributed by atoms with Crippen molar-refractivity contribution in [2.45, 2.75) is 12.7 Å². The van der Waals surface area contributed by atoms with Crippen molar-refractivity contribution in [3.8, 4) is 0 Å². The Morgan fingerprint density at radius 3 is 2.33 bits per heavy atom. The Hall–Kier alpha value is 0.150. The number of halogens is 2. The first kappa shape index (κ1) is 10.2.